The van der Waals surface area contributed by atoms with Crippen LogP contribution >= 0.6 is 0 Å². The summed E-state index contributed by atoms with van der Waals surface area (Å²) < 4.78 is 0. The van der Waals surface area contributed by atoms with Crippen molar-refractivity contribution < 1.29 is 34.8 Å². The van der Waals surface area contributed by atoms with Gasteiger partial charge in [0, 0.05) is 12.5 Å². The van der Waals surface area contributed by atoms with E-state index in [1.165, 1.54) is 12.1 Å². The maximum Gasteiger partial charge on any atom is 0.307 e. The largest absolute Gasteiger partial charge is 0.507 e. The fourth-order valence-electron chi connectivity index (χ4n) is 3.42. The first kappa shape index (κ1) is 19.2. The summed E-state index contributed by atoms with van der Waals surface area (Å²) in [5.74, 6) is -3.71. The molecule has 1 aliphatic rings. The van der Waals surface area contributed by atoms with Gasteiger partial charge in [0.1, 0.15) is 17.3 Å². The van der Waals surface area contributed by atoms with Crippen molar-refractivity contribution >= 4 is 23.3 Å². The lowest BCUT2D eigenvalue weighted by molar-refractivity contribution is -0.136. The third-order valence-corrected chi connectivity index (χ3v) is 4.67. The zero-order valence-corrected chi connectivity index (χ0v) is 15.0. The number of carboxylic acid groups (broad SMARTS) is 1. The zero-order valence-electron chi connectivity index (χ0n) is 15.0. The van der Waals surface area contributed by atoms with Gasteiger partial charge in [0.15, 0.2) is 5.78 Å². The molecule has 0 saturated heterocycles. The molecule has 7 heteroatoms. The molecule has 2 aromatic rings. The number of aromatic hydroxyl groups is 2. The van der Waals surface area contributed by atoms with E-state index in [0.717, 1.165) is 6.08 Å². The number of phenolic OH excluding ortho intramolecular Hbond substituents is 2. The Hall–Kier alpha value is -3.61. The molecule has 0 unspecified atom stereocenters. The Morgan fingerprint density at radius 3 is 2.46 bits per heavy atom. The summed E-state index contributed by atoms with van der Waals surface area (Å²) in [4.78, 5) is 35.9. The molecule has 2 aromatic carbocycles. The number of aliphatic hydroxyl groups is 1. The predicted molar refractivity (Wildman–Crippen MR) is 99.7 cm³/mol. The standard InChI is InChI=1S/C21H18O7/c1-2-13(22)9-15(24)18-12(8-16(25)26)7-11-6-10-4-3-5-14(23)17(10)20(27)19(11)21(18)28/h3-5,7,9,23-24,28H,2,6,8H2,1H3,(H,25,26). The molecular weight excluding hydrogens is 364 g/mol. The molecule has 1 aliphatic carbocycles. The van der Waals surface area contributed by atoms with Gasteiger partial charge in [-0.2, -0.15) is 0 Å². The Morgan fingerprint density at radius 2 is 1.82 bits per heavy atom. The number of fused-ring (bicyclic) bond motifs is 2. The summed E-state index contributed by atoms with van der Waals surface area (Å²) >= 11 is 0. The average Bonchev–Trinajstić information content (AvgIpc) is 2.60. The van der Waals surface area contributed by atoms with E-state index in [1.54, 1.807) is 19.1 Å². The Labute approximate surface area is 160 Å². The summed E-state index contributed by atoms with van der Waals surface area (Å²) in [6, 6.07) is 6.04. The molecule has 28 heavy (non-hydrogen) atoms. The van der Waals surface area contributed by atoms with Crippen LogP contribution in [0.5, 0.6) is 11.5 Å². The second-order valence-electron chi connectivity index (χ2n) is 6.53. The van der Waals surface area contributed by atoms with Crippen molar-refractivity contribution in [2.24, 2.45) is 0 Å². The van der Waals surface area contributed by atoms with Gasteiger partial charge >= 0.3 is 5.97 Å². The summed E-state index contributed by atoms with van der Waals surface area (Å²) in [6.45, 7) is 1.58. The van der Waals surface area contributed by atoms with E-state index in [0.29, 0.717) is 11.1 Å². The lowest BCUT2D eigenvalue weighted by atomic mass is 9.81. The van der Waals surface area contributed by atoms with Gasteiger partial charge in [-0.3, -0.25) is 14.4 Å². The first-order chi connectivity index (χ1) is 13.2. The van der Waals surface area contributed by atoms with Crippen LogP contribution in [0.25, 0.3) is 5.76 Å². The molecular formula is C21H18O7. The molecule has 0 heterocycles. The SMILES string of the molecule is CCC(=O)C=C(O)c1c(CC(=O)O)cc2c(c1O)C(=O)c1c(O)cccc1C2. The first-order valence-corrected chi connectivity index (χ1v) is 8.63. The fraction of sp³-hybridized carbons (Fsp3) is 0.190. The van der Waals surface area contributed by atoms with Gasteiger partial charge in [0.25, 0.3) is 0 Å². The lowest BCUT2D eigenvalue weighted by Crippen LogP contribution is -2.18. The third kappa shape index (κ3) is 3.22. The van der Waals surface area contributed by atoms with Crippen molar-refractivity contribution in [3.63, 3.8) is 0 Å². The van der Waals surface area contributed by atoms with Crippen molar-refractivity contribution in [1.29, 1.82) is 0 Å². The molecule has 0 radical (unpaired) electrons. The second kappa shape index (κ2) is 7.19. The van der Waals surface area contributed by atoms with Gasteiger partial charge in [0.2, 0.25) is 5.78 Å². The molecule has 0 bridgehead atoms. The van der Waals surface area contributed by atoms with Crippen LogP contribution in [-0.2, 0) is 22.4 Å². The number of aliphatic hydroxyl groups excluding tert-OH is 1. The Balaban J connectivity index is 2.27. The molecule has 0 saturated carbocycles. The van der Waals surface area contributed by atoms with E-state index < -0.39 is 35.5 Å². The molecule has 0 aliphatic heterocycles. The highest BCUT2D eigenvalue weighted by atomic mass is 16.4. The highest BCUT2D eigenvalue weighted by Gasteiger charge is 2.32. The van der Waals surface area contributed by atoms with Crippen LogP contribution in [-0.4, -0.2) is 38.0 Å². The van der Waals surface area contributed by atoms with Crippen molar-refractivity contribution in [3.8, 4) is 11.5 Å². The predicted octanol–water partition coefficient (Wildman–Crippen LogP) is 2.74. The Bertz CT molecular complexity index is 1050. The first-order valence-electron chi connectivity index (χ1n) is 8.63. The van der Waals surface area contributed by atoms with Crippen LogP contribution in [0.2, 0.25) is 0 Å². The number of benzene rings is 2. The third-order valence-electron chi connectivity index (χ3n) is 4.67. The number of phenols is 2. The van der Waals surface area contributed by atoms with E-state index in [4.69, 9.17) is 0 Å². The number of hydrogen-bond donors (Lipinski definition) is 4. The number of carbonyl (C=O) groups excluding carboxylic acids is 2. The van der Waals surface area contributed by atoms with Crippen molar-refractivity contribution in [1.82, 2.24) is 0 Å². The normalized spacial score (nSPS) is 13.0. The molecule has 0 fully saturated rings. The molecule has 0 spiro atoms. The van der Waals surface area contributed by atoms with Crippen LogP contribution in [0.15, 0.2) is 30.3 Å². The average molecular weight is 382 g/mol. The molecule has 3 rings (SSSR count). The molecule has 4 N–H and O–H groups in total. The minimum Gasteiger partial charge on any atom is -0.507 e. The maximum absolute atomic E-state index is 12.9. The number of hydrogen-bond acceptors (Lipinski definition) is 6. The molecule has 0 amide bonds. The fourth-order valence-corrected chi connectivity index (χ4v) is 3.42. The van der Waals surface area contributed by atoms with Gasteiger partial charge in [-0.25, -0.2) is 0 Å². The number of aliphatic carboxylic acids is 1. The quantitative estimate of drug-likeness (QED) is 0.394. The number of carboxylic acids is 1. The van der Waals surface area contributed by atoms with E-state index >= 15 is 0 Å². The molecule has 0 aromatic heterocycles. The highest BCUT2D eigenvalue weighted by Crippen LogP contribution is 2.41. The van der Waals surface area contributed by atoms with E-state index in [-0.39, 0.29) is 40.8 Å². The van der Waals surface area contributed by atoms with Gasteiger partial charge in [0.05, 0.1) is 23.1 Å². The van der Waals surface area contributed by atoms with Crippen LogP contribution < -0.4 is 0 Å². The summed E-state index contributed by atoms with van der Waals surface area (Å²) in [5.41, 5.74) is 0.674. The van der Waals surface area contributed by atoms with Gasteiger partial charge in [-0.05, 0) is 29.2 Å². The Morgan fingerprint density at radius 1 is 1.11 bits per heavy atom. The summed E-state index contributed by atoms with van der Waals surface area (Å²) in [5, 5.41) is 40.4. The highest BCUT2D eigenvalue weighted by molar-refractivity contribution is 6.16. The minimum absolute atomic E-state index is 0.0512. The van der Waals surface area contributed by atoms with Gasteiger partial charge in [-0.15, -0.1) is 0 Å². The molecule has 144 valence electrons. The number of allylic oxidation sites excluding steroid dienone is 1. The number of rotatable bonds is 5. The van der Waals surface area contributed by atoms with E-state index in [2.05, 4.69) is 0 Å². The minimum atomic E-state index is -1.20. The lowest BCUT2D eigenvalue weighted by Gasteiger charge is -2.23. The molecule has 0 atom stereocenters. The molecule has 7 nitrogen and oxygen atoms in total. The van der Waals surface area contributed by atoms with Gasteiger partial charge < -0.3 is 20.4 Å². The number of carbonyl (C=O) groups is 3. The topological polar surface area (TPSA) is 132 Å². The van der Waals surface area contributed by atoms with Crippen LogP contribution in [0.3, 0.4) is 0 Å². The summed E-state index contributed by atoms with van der Waals surface area (Å²) in [6.07, 6.45) is 0.675. The van der Waals surface area contributed by atoms with E-state index in [9.17, 15) is 34.8 Å². The van der Waals surface area contributed by atoms with Crippen molar-refractivity contribution in [3.05, 3.63) is 63.7 Å². The number of ketones is 2. The zero-order chi connectivity index (χ0) is 20.6. The van der Waals surface area contributed by atoms with Crippen molar-refractivity contribution in [2.45, 2.75) is 26.2 Å². The van der Waals surface area contributed by atoms with Crippen molar-refractivity contribution in [2.75, 3.05) is 0 Å². The van der Waals surface area contributed by atoms with Crippen LogP contribution in [0, 0.1) is 0 Å². The Kier molecular flexibility index (Phi) is 4.92. The van der Waals surface area contributed by atoms with Gasteiger partial charge in [-0.1, -0.05) is 25.1 Å². The second-order valence-corrected chi connectivity index (χ2v) is 6.53. The monoisotopic (exact) mass is 382 g/mol. The van der Waals surface area contributed by atoms with Crippen LogP contribution in [0.1, 0.15) is 51.5 Å². The summed E-state index contributed by atoms with van der Waals surface area (Å²) in [7, 11) is 0. The maximum atomic E-state index is 12.9. The van der Waals surface area contributed by atoms with E-state index in [1.807, 2.05) is 0 Å². The van der Waals surface area contributed by atoms with Crippen LogP contribution in [0.4, 0.5) is 0 Å². The smallest absolute Gasteiger partial charge is 0.307 e.